The molecule has 1 amide bonds. The van der Waals surface area contributed by atoms with Crippen LogP contribution in [0.15, 0.2) is 120 Å². The summed E-state index contributed by atoms with van der Waals surface area (Å²) in [4.78, 5) is 19.4. The van der Waals surface area contributed by atoms with Crippen molar-refractivity contribution in [1.82, 2.24) is 14.6 Å². The van der Waals surface area contributed by atoms with Gasteiger partial charge in [0, 0.05) is 33.4 Å². The van der Waals surface area contributed by atoms with E-state index in [0.29, 0.717) is 16.7 Å². The van der Waals surface area contributed by atoms with Crippen LogP contribution in [0.1, 0.15) is 5.56 Å². The van der Waals surface area contributed by atoms with Gasteiger partial charge in [-0.25, -0.2) is 4.98 Å². The summed E-state index contributed by atoms with van der Waals surface area (Å²) >= 11 is 6.07. The quantitative estimate of drug-likeness (QED) is 0.230. The molecule has 194 valence electrons. The van der Waals surface area contributed by atoms with Crippen LogP contribution in [0.2, 0.25) is 5.02 Å². The van der Waals surface area contributed by atoms with Crippen molar-refractivity contribution in [1.29, 1.82) is 0 Å². The van der Waals surface area contributed by atoms with Gasteiger partial charge in [-0.3, -0.25) is 9.69 Å². The summed E-state index contributed by atoms with van der Waals surface area (Å²) in [7, 11) is 0. The van der Waals surface area contributed by atoms with Gasteiger partial charge in [0.15, 0.2) is 5.58 Å². The van der Waals surface area contributed by atoms with Gasteiger partial charge < -0.3 is 9.73 Å². The van der Waals surface area contributed by atoms with Crippen molar-refractivity contribution in [3.8, 4) is 0 Å². The van der Waals surface area contributed by atoms with E-state index in [2.05, 4.69) is 22.5 Å². The molecule has 0 aliphatic carbocycles. The molecule has 1 N–H and O–H groups in total. The third-order valence-electron chi connectivity index (χ3n) is 6.78. The molecule has 7 nitrogen and oxygen atoms in total. The third-order valence-corrected chi connectivity index (χ3v) is 7.02. The van der Waals surface area contributed by atoms with Crippen LogP contribution in [0.4, 0.5) is 23.0 Å². The Morgan fingerprint density at radius 3 is 2.55 bits per heavy atom. The molecule has 7 rings (SSSR count). The van der Waals surface area contributed by atoms with Crippen molar-refractivity contribution in [2.45, 2.75) is 6.42 Å². The fraction of sp³-hybridized carbons (Fsp3) is 0.0312. The highest BCUT2D eigenvalue weighted by Gasteiger charge is 2.22. The minimum Gasteiger partial charge on any atom is -0.454 e. The highest BCUT2D eigenvalue weighted by atomic mass is 35.5. The van der Waals surface area contributed by atoms with E-state index in [1.54, 1.807) is 29.0 Å². The van der Waals surface area contributed by atoms with Gasteiger partial charge in [-0.05, 0) is 66.2 Å². The number of nitrogens with zero attached hydrogens (tertiary/aromatic N) is 4. The van der Waals surface area contributed by atoms with E-state index in [9.17, 15) is 4.79 Å². The fourth-order valence-electron chi connectivity index (χ4n) is 5.00. The molecule has 8 heteroatoms. The molecule has 3 aromatic heterocycles. The number of para-hydroxylation sites is 2. The highest BCUT2D eigenvalue weighted by molar-refractivity contribution is 6.30. The summed E-state index contributed by atoms with van der Waals surface area (Å²) in [5.41, 5.74) is 5.66. The van der Waals surface area contributed by atoms with Gasteiger partial charge in [0.1, 0.15) is 5.58 Å². The molecular formula is C32H22ClN5O2. The Bertz CT molecular complexity index is 2010. The first-order chi connectivity index (χ1) is 19.6. The molecular weight excluding hydrogens is 522 g/mol. The van der Waals surface area contributed by atoms with Crippen LogP contribution in [0.5, 0.6) is 0 Å². The first-order valence-corrected chi connectivity index (χ1v) is 13.2. The normalized spacial score (nSPS) is 11.3. The monoisotopic (exact) mass is 543 g/mol. The minimum atomic E-state index is -0.123. The molecule has 0 saturated carbocycles. The number of benzene rings is 4. The van der Waals surface area contributed by atoms with Crippen molar-refractivity contribution < 1.29 is 9.21 Å². The second-order valence-corrected chi connectivity index (χ2v) is 9.84. The van der Waals surface area contributed by atoms with E-state index < -0.39 is 0 Å². The topological polar surface area (TPSA) is 75.7 Å². The zero-order chi connectivity index (χ0) is 27.1. The van der Waals surface area contributed by atoms with Crippen molar-refractivity contribution in [3.63, 3.8) is 0 Å². The lowest BCUT2D eigenvalue weighted by Crippen LogP contribution is -2.17. The molecule has 0 bridgehead atoms. The number of nitrogens with one attached hydrogen (secondary N) is 1. The van der Waals surface area contributed by atoms with Crippen LogP contribution in [0, 0.1) is 0 Å². The molecule has 0 saturated heterocycles. The fourth-order valence-corrected chi connectivity index (χ4v) is 5.21. The number of amides is 1. The molecule has 7 aromatic rings. The maximum Gasteiger partial charge on any atom is 0.236 e. The Balaban J connectivity index is 1.30. The van der Waals surface area contributed by atoms with Crippen LogP contribution in [0.25, 0.3) is 27.5 Å². The van der Waals surface area contributed by atoms with Crippen LogP contribution in [-0.4, -0.2) is 20.5 Å². The van der Waals surface area contributed by atoms with Gasteiger partial charge >= 0.3 is 0 Å². The SMILES string of the molecule is O=C(Cc1cccc(Cl)c1)Nc1ccc(N(c2cccc3c2oc2ccccc23)c2nccc3ccnn23)cc1. The Morgan fingerprint density at radius 2 is 1.68 bits per heavy atom. The van der Waals surface area contributed by atoms with E-state index in [1.807, 2.05) is 83.8 Å². The smallest absolute Gasteiger partial charge is 0.236 e. The zero-order valence-electron chi connectivity index (χ0n) is 21.2. The molecule has 0 spiro atoms. The van der Waals surface area contributed by atoms with Crippen LogP contribution in [-0.2, 0) is 11.2 Å². The molecule has 0 unspecified atom stereocenters. The van der Waals surface area contributed by atoms with Crippen LogP contribution in [0.3, 0.4) is 0 Å². The maximum atomic E-state index is 12.7. The van der Waals surface area contributed by atoms with Gasteiger partial charge in [-0.1, -0.05) is 54.1 Å². The van der Waals surface area contributed by atoms with E-state index in [4.69, 9.17) is 21.0 Å². The van der Waals surface area contributed by atoms with Crippen molar-refractivity contribution in [3.05, 3.63) is 126 Å². The summed E-state index contributed by atoms with van der Waals surface area (Å²) in [6.07, 6.45) is 3.75. The molecule has 0 aliphatic rings. The lowest BCUT2D eigenvalue weighted by molar-refractivity contribution is -0.115. The molecule has 40 heavy (non-hydrogen) atoms. The van der Waals surface area contributed by atoms with Crippen molar-refractivity contribution in [2.24, 2.45) is 0 Å². The molecule has 4 aromatic carbocycles. The first-order valence-electron chi connectivity index (χ1n) is 12.8. The number of aromatic nitrogens is 3. The molecule has 0 fully saturated rings. The number of anilines is 4. The molecule has 0 aliphatic heterocycles. The Hall–Kier alpha value is -5.14. The Kier molecular flexibility index (Phi) is 5.91. The Labute approximate surface area is 234 Å². The average molecular weight is 544 g/mol. The summed E-state index contributed by atoms with van der Waals surface area (Å²) in [6.45, 7) is 0. The van der Waals surface area contributed by atoms with Gasteiger partial charge in [-0.2, -0.15) is 9.61 Å². The lowest BCUT2D eigenvalue weighted by atomic mass is 10.1. The predicted molar refractivity (Wildman–Crippen MR) is 159 cm³/mol. The third kappa shape index (κ3) is 4.32. The summed E-state index contributed by atoms with van der Waals surface area (Å²) < 4.78 is 8.17. The zero-order valence-corrected chi connectivity index (χ0v) is 21.9. The summed E-state index contributed by atoms with van der Waals surface area (Å²) in [5.74, 6) is 0.482. The predicted octanol–water partition coefficient (Wildman–Crippen LogP) is 7.93. The second-order valence-electron chi connectivity index (χ2n) is 9.40. The van der Waals surface area contributed by atoms with Gasteiger partial charge in [-0.15, -0.1) is 0 Å². The highest BCUT2D eigenvalue weighted by Crippen LogP contribution is 2.41. The van der Waals surface area contributed by atoms with Gasteiger partial charge in [0.05, 0.1) is 23.8 Å². The van der Waals surface area contributed by atoms with Gasteiger partial charge in [0.2, 0.25) is 11.9 Å². The number of hydrogen-bond donors (Lipinski definition) is 1. The van der Waals surface area contributed by atoms with Crippen LogP contribution >= 0.6 is 11.6 Å². The summed E-state index contributed by atoms with van der Waals surface area (Å²) in [6, 6.07) is 32.9. The second kappa shape index (κ2) is 9.87. The number of carbonyl (C=O) groups excluding carboxylic acids is 1. The molecule has 0 atom stereocenters. The van der Waals surface area contributed by atoms with Crippen molar-refractivity contribution >= 4 is 68.0 Å². The van der Waals surface area contributed by atoms with E-state index in [-0.39, 0.29) is 12.3 Å². The number of halogens is 1. The van der Waals surface area contributed by atoms with E-state index in [0.717, 1.165) is 44.4 Å². The van der Waals surface area contributed by atoms with Gasteiger partial charge in [0.25, 0.3) is 0 Å². The number of carbonyl (C=O) groups is 1. The number of hydrogen-bond acceptors (Lipinski definition) is 5. The minimum absolute atomic E-state index is 0.123. The number of rotatable bonds is 6. The Morgan fingerprint density at radius 1 is 0.875 bits per heavy atom. The average Bonchev–Trinajstić information content (AvgIpc) is 3.60. The maximum absolute atomic E-state index is 12.7. The van der Waals surface area contributed by atoms with Crippen molar-refractivity contribution in [2.75, 3.05) is 10.2 Å². The van der Waals surface area contributed by atoms with E-state index in [1.165, 1.54) is 0 Å². The standard InChI is InChI=1S/C32H22ClN5O2/c33-22-6-3-5-21(19-22)20-30(39)36-23-11-13-24(14-12-23)37(32-34-17-15-25-16-18-35-38(25)32)28-9-4-8-27-26-7-1-2-10-29(26)40-31(27)28/h1-19H,20H2,(H,36,39). The number of fused-ring (bicyclic) bond motifs is 4. The largest absolute Gasteiger partial charge is 0.454 e. The summed E-state index contributed by atoms with van der Waals surface area (Å²) in [5, 5.41) is 10.2. The first kappa shape index (κ1) is 23.9. The van der Waals surface area contributed by atoms with Crippen LogP contribution < -0.4 is 10.2 Å². The molecule has 3 heterocycles. The lowest BCUT2D eigenvalue weighted by Gasteiger charge is -2.24. The van der Waals surface area contributed by atoms with E-state index >= 15 is 0 Å². The molecule has 0 radical (unpaired) electrons. The number of furan rings is 1.